The number of aliphatic hydroxyl groups is 2. The number of hydrogen-bond acceptors (Lipinski definition) is 8. The van der Waals surface area contributed by atoms with Crippen LogP contribution in [-0.4, -0.2) is 53.6 Å². The number of aromatic nitrogens is 1. The van der Waals surface area contributed by atoms with E-state index in [4.69, 9.17) is 14.5 Å². The molecule has 0 radical (unpaired) electrons. The maximum Gasteiger partial charge on any atom is 0.413 e. The predicted octanol–water partition coefficient (Wildman–Crippen LogP) is 4.01. The Bertz CT molecular complexity index is 1170. The van der Waals surface area contributed by atoms with Crippen LogP contribution in [0.4, 0.5) is 9.93 Å². The first-order valence-corrected chi connectivity index (χ1v) is 13.7. The Morgan fingerprint density at radius 3 is 2.68 bits per heavy atom. The van der Waals surface area contributed by atoms with Crippen molar-refractivity contribution in [1.82, 2.24) is 10.3 Å². The van der Waals surface area contributed by atoms with Crippen molar-refractivity contribution in [1.29, 1.82) is 0 Å². The molecule has 0 bridgehead atoms. The van der Waals surface area contributed by atoms with Gasteiger partial charge in [0.25, 0.3) is 0 Å². The molecule has 0 aliphatic heterocycles. The van der Waals surface area contributed by atoms with Crippen molar-refractivity contribution < 1.29 is 29.3 Å². The fourth-order valence-corrected chi connectivity index (χ4v) is 7.21. The lowest BCUT2D eigenvalue weighted by Gasteiger charge is -2.58. The molecule has 2 amide bonds. The molecule has 0 spiro atoms. The van der Waals surface area contributed by atoms with E-state index in [-0.39, 0.29) is 42.8 Å². The van der Waals surface area contributed by atoms with Crippen LogP contribution in [0.25, 0.3) is 0 Å². The Labute approximate surface area is 227 Å². The molecule has 2 aromatic rings. The van der Waals surface area contributed by atoms with Crippen molar-refractivity contribution in [3.63, 3.8) is 0 Å². The summed E-state index contributed by atoms with van der Waals surface area (Å²) >= 11 is 1.35. The molecule has 4 rings (SSSR count). The number of carbonyl (C=O) groups excluding carboxylic acids is 2. The zero-order valence-electron chi connectivity index (χ0n) is 22.2. The van der Waals surface area contributed by atoms with Crippen LogP contribution in [0, 0.1) is 16.7 Å². The summed E-state index contributed by atoms with van der Waals surface area (Å²) in [6, 6.07) is 7.53. The Morgan fingerprint density at radius 1 is 1.29 bits per heavy atom. The number of rotatable bonds is 9. The lowest BCUT2D eigenvalue weighted by molar-refractivity contribution is -0.144. The number of nitrogens with zero attached hydrogens (tertiary/aromatic N) is 1. The maximum atomic E-state index is 13.3. The van der Waals surface area contributed by atoms with Crippen molar-refractivity contribution in [2.24, 2.45) is 16.7 Å². The molecule has 1 aromatic carbocycles. The molecule has 2 aliphatic carbocycles. The topological polar surface area (TPSA) is 130 Å². The van der Waals surface area contributed by atoms with Gasteiger partial charge in [0.1, 0.15) is 12.4 Å². The molecular weight excluding hydrogens is 506 g/mol. The Morgan fingerprint density at radius 2 is 2.03 bits per heavy atom. The summed E-state index contributed by atoms with van der Waals surface area (Å²) in [4.78, 5) is 31.1. The zero-order valence-corrected chi connectivity index (χ0v) is 23.0. The van der Waals surface area contributed by atoms with Crippen LogP contribution in [0.15, 0.2) is 36.9 Å². The highest BCUT2D eigenvalue weighted by Crippen LogP contribution is 2.62. The number of anilines is 1. The molecule has 206 valence electrons. The molecule has 9 nitrogen and oxygen atoms in total. The first-order chi connectivity index (χ1) is 18.1. The minimum absolute atomic E-state index is 0.0725. The minimum atomic E-state index is -0.719. The van der Waals surface area contributed by atoms with Gasteiger partial charge in [-0.15, -0.1) is 11.3 Å². The average Bonchev–Trinajstić information content (AvgIpc) is 3.31. The van der Waals surface area contributed by atoms with Crippen LogP contribution >= 0.6 is 11.3 Å². The summed E-state index contributed by atoms with van der Waals surface area (Å²) in [5, 5.41) is 27.4. The van der Waals surface area contributed by atoms with Crippen LogP contribution in [0.3, 0.4) is 0 Å². The number of aliphatic hydroxyl groups excluding tert-OH is 2. The number of benzene rings is 1. The van der Waals surface area contributed by atoms with Gasteiger partial charge in [-0.25, -0.2) is 9.78 Å². The Hall–Kier alpha value is -2.95. The van der Waals surface area contributed by atoms with E-state index in [1.807, 2.05) is 31.2 Å². The van der Waals surface area contributed by atoms with Gasteiger partial charge in [-0.1, -0.05) is 38.6 Å². The van der Waals surface area contributed by atoms with E-state index < -0.39 is 17.6 Å². The van der Waals surface area contributed by atoms with Crippen molar-refractivity contribution in [3.8, 4) is 5.75 Å². The van der Waals surface area contributed by atoms with Gasteiger partial charge in [-0.2, -0.15) is 0 Å². The summed E-state index contributed by atoms with van der Waals surface area (Å²) < 4.78 is 10.2. The van der Waals surface area contributed by atoms with Crippen molar-refractivity contribution in [2.45, 2.75) is 58.1 Å². The third-order valence-corrected chi connectivity index (χ3v) is 9.48. The Kier molecular flexibility index (Phi) is 8.44. The van der Waals surface area contributed by atoms with Crippen LogP contribution in [0.2, 0.25) is 0 Å². The SMILES string of the molecule is C=CCOC(=O)Nc1nc2c(s1)CC1C(C)(CO)C(O)CCC1(C)C2CC(=O)NCc1ccc(OC)cc1. The number of amides is 2. The number of ether oxygens (including phenoxy) is 2. The molecule has 10 heteroatoms. The summed E-state index contributed by atoms with van der Waals surface area (Å²) in [5.41, 5.74) is 0.655. The second-order valence-electron chi connectivity index (χ2n) is 10.7. The van der Waals surface area contributed by atoms with Gasteiger partial charge in [0.15, 0.2) is 5.13 Å². The standard InChI is InChI=1S/C28H37N3O6S/c1-5-12-37-26(35)31-25-30-24-19(13-23(34)29-15-17-6-8-18(36-4)9-7-17)27(2)11-10-22(33)28(3,16-32)21(27)14-20(24)38-25/h5-9,19,21-22,32-33H,1,10-16H2,2-4H3,(H,29,34)(H,30,31,35). The highest BCUT2D eigenvalue weighted by molar-refractivity contribution is 7.15. The van der Waals surface area contributed by atoms with E-state index in [1.54, 1.807) is 7.11 Å². The summed E-state index contributed by atoms with van der Waals surface area (Å²) in [6.45, 7) is 7.93. The largest absolute Gasteiger partial charge is 0.497 e. The molecule has 1 saturated carbocycles. The molecule has 1 fully saturated rings. The van der Waals surface area contributed by atoms with Gasteiger partial charge in [0.05, 0.1) is 25.5 Å². The van der Waals surface area contributed by atoms with Crippen molar-refractivity contribution in [2.75, 3.05) is 25.6 Å². The number of carbonyl (C=O) groups is 2. The van der Waals surface area contributed by atoms with Gasteiger partial charge in [0, 0.05) is 29.2 Å². The summed E-state index contributed by atoms with van der Waals surface area (Å²) in [6.07, 6.45) is 2.26. The first kappa shape index (κ1) is 28.1. The fourth-order valence-electron chi connectivity index (χ4n) is 6.16. The monoisotopic (exact) mass is 543 g/mol. The maximum absolute atomic E-state index is 13.3. The van der Waals surface area contributed by atoms with Crippen molar-refractivity contribution in [3.05, 3.63) is 53.1 Å². The Balaban J connectivity index is 1.60. The van der Waals surface area contributed by atoms with E-state index in [9.17, 15) is 19.8 Å². The molecule has 4 N–H and O–H groups in total. The summed E-state index contributed by atoms with van der Waals surface area (Å²) in [7, 11) is 1.61. The first-order valence-electron chi connectivity index (χ1n) is 12.9. The lowest BCUT2D eigenvalue weighted by Crippen LogP contribution is -2.57. The predicted molar refractivity (Wildman–Crippen MR) is 145 cm³/mol. The van der Waals surface area contributed by atoms with Gasteiger partial charge in [-0.05, 0) is 48.3 Å². The number of fused-ring (bicyclic) bond motifs is 2. The van der Waals surface area contributed by atoms with E-state index >= 15 is 0 Å². The third kappa shape index (κ3) is 5.43. The molecule has 5 atom stereocenters. The molecular formula is C28H37N3O6S. The van der Waals surface area contributed by atoms with Crippen LogP contribution in [-0.2, 0) is 22.5 Å². The molecule has 1 heterocycles. The summed E-state index contributed by atoms with van der Waals surface area (Å²) in [5.74, 6) is 0.322. The van der Waals surface area contributed by atoms with Crippen molar-refractivity contribution >= 4 is 28.5 Å². The second kappa shape index (κ2) is 11.4. The molecule has 2 aliphatic rings. The number of methoxy groups -OCH3 is 1. The minimum Gasteiger partial charge on any atom is -0.497 e. The van der Waals surface area contributed by atoms with Gasteiger partial charge in [-0.3, -0.25) is 10.1 Å². The lowest BCUT2D eigenvalue weighted by atomic mass is 9.47. The molecule has 38 heavy (non-hydrogen) atoms. The van der Waals surface area contributed by atoms with E-state index in [0.29, 0.717) is 30.9 Å². The van der Waals surface area contributed by atoms with Gasteiger partial charge < -0.3 is 25.0 Å². The van der Waals surface area contributed by atoms with E-state index in [0.717, 1.165) is 21.9 Å². The van der Waals surface area contributed by atoms with Gasteiger partial charge in [0.2, 0.25) is 5.91 Å². The van der Waals surface area contributed by atoms with Crippen LogP contribution in [0.5, 0.6) is 5.75 Å². The molecule has 5 unspecified atom stereocenters. The quantitative estimate of drug-likeness (QED) is 0.352. The second-order valence-corrected chi connectivity index (χ2v) is 11.8. The molecule has 0 saturated heterocycles. The zero-order chi connectivity index (χ0) is 27.5. The van der Waals surface area contributed by atoms with E-state index in [1.165, 1.54) is 17.4 Å². The van der Waals surface area contributed by atoms with Gasteiger partial charge >= 0.3 is 6.09 Å². The fraction of sp³-hybridized carbons (Fsp3) is 0.536. The number of nitrogens with one attached hydrogen (secondary N) is 2. The van der Waals surface area contributed by atoms with Crippen LogP contribution < -0.4 is 15.4 Å². The van der Waals surface area contributed by atoms with E-state index in [2.05, 4.69) is 24.1 Å². The highest BCUT2D eigenvalue weighted by atomic mass is 32.1. The smallest absolute Gasteiger partial charge is 0.413 e. The normalized spacial score (nSPS) is 28.0. The number of thiazole rings is 1. The molecule has 1 aromatic heterocycles. The third-order valence-electron chi connectivity index (χ3n) is 8.47. The van der Waals surface area contributed by atoms with Crippen LogP contribution in [0.1, 0.15) is 55.2 Å². The number of hydrogen-bond donors (Lipinski definition) is 4. The highest BCUT2D eigenvalue weighted by Gasteiger charge is 2.59. The average molecular weight is 544 g/mol.